The second-order valence-corrected chi connectivity index (χ2v) is 4.86. The summed E-state index contributed by atoms with van der Waals surface area (Å²) in [6.07, 6.45) is 0. The van der Waals surface area contributed by atoms with Crippen molar-refractivity contribution in [2.45, 2.75) is 4.90 Å². The molecule has 1 rings (SSSR count). The summed E-state index contributed by atoms with van der Waals surface area (Å²) < 4.78 is 23.7. The van der Waals surface area contributed by atoms with Crippen LogP contribution in [-0.2, 0) is 19.5 Å². The van der Waals surface area contributed by atoms with Gasteiger partial charge in [-0.3, -0.25) is 0 Å². The summed E-state index contributed by atoms with van der Waals surface area (Å²) in [4.78, 5) is 14.3. The van der Waals surface area contributed by atoms with E-state index in [2.05, 4.69) is 9.99 Å². The highest BCUT2D eigenvalue weighted by atomic mass is 32.2. The van der Waals surface area contributed by atoms with Crippen LogP contribution in [0.5, 0.6) is 0 Å². The number of rotatable bonds is 4. The minimum absolute atomic E-state index is 0.121. The van der Waals surface area contributed by atoms with Gasteiger partial charge >= 0.3 is 5.97 Å². The number of oxime groups is 1. The quantitative estimate of drug-likeness (QED) is 0.480. The van der Waals surface area contributed by atoms with E-state index in [4.69, 9.17) is 10.4 Å². The molecule has 18 heavy (non-hydrogen) atoms. The summed E-state index contributed by atoms with van der Waals surface area (Å²) in [5.74, 6) is -1.33. The van der Waals surface area contributed by atoms with Crippen LogP contribution >= 0.6 is 0 Å². The lowest BCUT2D eigenvalue weighted by molar-refractivity contribution is -0.142. The predicted octanol–water partition coefficient (Wildman–Crippen LogP) is 0.399. The van der Waals surface area contributed by atoms with Crippen molar-refractivity contribution in [2.75, 3.05) is 6.61 Å². The third-order valence-electron chi connectivity index (χ3n) is 1.74. The van der Waals surface area contributed by atoms with Crippen LogP contribution in [0.3, 0.4) is 0 Å². The summed E-state index contributed by atoms with van der Waals surface area (Å²) in [6.45, 7) is -0.824. The van der Waals surface area contributed by atoms with E-state index in [9.17, 15) is 13.2 Å². The van der Waals surface area contributed by atoms with Crippen molar-refractivity contribution in [2.24, 2.45) is 5.16 Å². The number of hydrogen-bond acceptors (Lipinski definition) is 6. The molecule has 0 aromatic heterocycles. The lowest BCUT2D eigenvalue weighted by atomic mass is 10.4. The molecule has 1 N–H and O–H groups in total. The molecule has 0 fully saturated rings. The lowest BCUT2D eigenvalue weighted by Crippen LogP contribution is -2.15. The number of hydrogen-bond donors (Lipinski definition) is 1. The van der Waals surface area contributed by atoms with Gasteiger partial charge < -0.3 is 9.94 Å². The van der Waals surface area contributed by atoms with Gasteiger partial charge in [-0.15, -0.1) is 0 Å². The number of sulfone groups is 1. The van der Waals surface area contributed by atoms with Crippen LogP contribution < -0.4 is 0 Å². The Morgan fingerprint density at radius 2 is 2.00 bits per heavy atom. The number of aliphatic carboxylic acids is 1. The molecule has 0 spiro atoms. The Morgan fingerprint density at radius 1 is 1.39 bits per heavy atom. The molecule has 0 saturated heterocycles. The Kier molecular flexibility index (Phi) is 4.39. The monoisotopic (exact) mass is 268 g/mol. The van der Waals surface area contributed by atoms with Crippen LogP contribution in [0.4, 0.5) is 0 Å². The molecule has 0 aliphatic carbocycles. The van der Waals surface area contributed by atoms with Gasteiger partial charge in [-0.2, -0.15) is 5.26 Å². The molecule has 1 aromatic rings. The Hall–Kier alpha value is -2.40. The summed E-state index contributed by atoms with van der Waals surface area (Å²) in [7, 11) is -4.08. The summed E-state index contributed by atoms with van der Waals surface area (Å²) >= 11 is 0. The second-order valence-electron chi connectivity index (χ2n) is 2.99. The molecule has 0 bridgehead atoms. The van der Waals surface area contributed by atoms with Gasteiger partial charge in [0.15, 0.2) is 0 Å². The maximum Gasteiger partial charge on any atom is 0.344 e. The van der Waals surface area contributed by atoms with Gasteiger partial charge in [-0.25, -0.2) is 13.2 Å². The zero-order valence-electron chi connectivity index (χ0n) is 8.98. The molecule has 0 aliphatic heterocycles. The Bertz CT molecular complexity index is 601. The smallest absolute Gasteiger partial charge is 0.344 e. The van der Waals surface area contributed by atoms with E-state index < -0.39 is 27.5 Å². The van der Waals surface area contributed by atoms with Gasteiger partial charge in [-0.05, 0) is 12.1 Å². The van der Waals surface area contributed by atoms with Crippen molar-refractivity contribution >= 4 is 20.9 Å². The fraction of sp³-hybridized carbons (Fsp3) is 0.100. The van der Waals surface area contributed by atoms with Gasteiger partial charge in [-0.1, -0.05) is 23.4 Å². The minimum atomic E-state index is -4.08. The molecule has 0 aliphatic rings. The molecular weight excluding hydrogens is 260 g/mol. The van der Waals surface area contributed by atoms with Crippen molar-refractivity contribution in [3.8, 4) is 6.07 Å². The molecule has 0 atom stereocenters. The normalized spacial score (nSPS) is 11.6. The first-order valence-electron chi connectivity index (χ1n) is 4.60. The van der Waals surface area contributed by atoms with Crippen LogP contribution in [0, 0.1) is 11.3 Å². The lowest BCUT2D eigenvalue weighted by Gasteiger charge is -2.01. The van der Waals surface area contributed by atoms with Crippen LogP contribution in [0.1, 0.15) is 0 Å². The fourth-order valence-corrected chi connectivity index (χ4v) is 2.00. The third-order valence-corrected chi connectivity index (χ3v) is 3.31. The van der Waals surface area contributed by atoms with Crippen LogP contribution in [0.2, 0.25) is 0 Å². The molecule has 0 heterocycles. The average molecular weight is 268 g/mol. The SMILES string of the molecule is N#CC(=NOCC(=O)O)S(=O)(=O)c1ccccc1. The number of carbonyl (C=O) groups is 1. The number of carboxylic acids is 1. The molecule has 0 amide bonds. The summed E-state index contributed by atoms with van der Waals surface area (Å²) in [6, 6.07) is 8.53. The highest BCUT2D eigenvalue weighted by molar-refractivity contribution is 8.07. The van der Waals surface area contributed by atoms with E-state index in [0.717, 1.165) is 0 Å². The van der Waals surface area contributed by atoms with Crippen molar-refractivity contribution in [1.82, 2.24) is 0 Å². The highest BCUT2D eigenvalue weighted by Gasteiger charge is 2.23. The van der Waals surface area contributed by atoms with Crippen molar-refractivity contribution < 1.29 is 23.2 Å². The molecule has 7 nitrogen and oxygen atoms in total. The fourth-order valence-electron chi connectivity index (χ4n) is 0.987. The van der Waals surface area contributed by atoms with Crippen LogP contribution in [-0.4, -0.2) is 31.1 Å². The van der Waals surface area contributed by atoms with Gasteiger partial charge in [0.05, 0.1) is 4.90 Å². The molecule has 0 saturated carbocycles. The first-order chi connectivity index (χ1) is 8.48. The van der Waals surface area contributed by atoms with Crippen molar-refractivity contribution in [3.05, 3.63) is 30.3 Å². The zero-order valence-corrected chi connectivity index (χ0v) is 9.79. The van der Waals surface area contributed by atoms with E-state index in [1.807, 2.05) is 0 Å². The van der Waals surface area contributed by atoms with Crippen LogP contribution in [0.15, 0.2) is 40.4 Å². The molecule has 0 unspecified atom stereocenters. The van der Waals surface area contributed by atoms with Gasteiger partial charge in [0, 0.05) is 0 Å². The van der Waals surface area contributed by atoms with E-state index >= 15 is 0 Å². The van der Waals surface area contributed by atoms with Gasteiger partial charge in [0.25, 0.3) is 5.04 Å². The number of nitrogens with zero attached hydrogens (tertiary/aromatic N) is 2. The number of nitriles is 1. The Morgan fingerprint density at radius 3 is 2.50 bits per heavy atom. The summed E-state index contributed by atoms with van der Waals surface area (Å²) in [5.41, 5.74) is 0. The minimum Gasteiger partial charge on any atom is -0.479 e. The standard InChI is InChI=1S/C10H8N2O5S/c11-6-9(12-17-7-10(13)14)18(15,16)8-4-2-1-3-5-8/h1-5H,7H2,(H,13,14). The van der Waals surface area contributed by atoms with Crippen molar-refractivity contribution in [3.63, 3.8) is 0 Å². The van der Waals surface area contributed by atoms with Crippen LogP contribution in [0.25, 0.3) is 0 Å². The van der Waals surface area contributed by atoms with E-state index in [0.29, 0.717) is 0 Å². The predicted molar refractivity (Wildman–Crippen MR) is 60.3 cm³/mol. The first kappa shape index (κ1) is 13.7. The molecular formula is C10H8N2O5S. The van der Waals surface area contributed by atoms with Gasteiger partial charge in [0.1, 0.15) is 6.07 Å². The first-order valence-corrected chi connectivity index (χ1v) is 6.09. The maximum atomic E-state index is 11.9. The largest absolute Gasteiger partial charge is 0.479 e. The summed E-state index contributed by atoms with van der Waals surface area (Å²) in [5, 5.41) is 19.1. The van der Waals surface area contributed by atoms with E-state index in [-0.39, 0.29) is 4.90 Å². The zero-order chi connectivity index (χ0) is 13.6. The number of carboxylic acid groups (broad SMARTS) is 1. The average Bonchev–Trinajstić information content (AvgIpc) is 2.35. The molecule has 1 aromatic carbocycles. The molecule has 0 radical (unpaired) electrons. The highest BCUT2D eigenvalue weighted by Crippen LogP contribution is 2.11. The van der Waals surface area contributed by atoms with Gasteiger partial charge in [0.2, 0.25) is 16.4 Å². The van der Waals surface area contributed by atoms with Crippen molar-refractivity contribution in [1.29, 1.82) is 5.26 Å². The Balaban J connectivity index is 3.03. The number of benzene rings is 1. The topological polar surface area (TPSA) is 117 Å². The van der Waals surface area contributed by atoms with E-state index in [1.165, 1.54) is 30.3 Å². The second kappa shape index (κ2) is 5.79. The Labute approximate surface area is 103 Å². The third kappa shape index (κ3) is 3.29. The maximum absolute atomic E-state index is 11.9. The molecule has 8 heteroatoms. The molecule has 94 valence electrons. The van der Waals surface area contributed by atoms with E-state index in [1.54, 1.807) is 6.07 Å².